The highest BCUT2D eigenvalue weighted by molar-refractivity contribution is 5.69. The monoisotopic (exact) mass is 313 g/mol. The average molecular weight is 313 g/mol. The standard InChI is InChI=1S/C15H24FN3O3/c1-9(16)6-12-10(2)19(13(20)17-12)11-7-18(8-11)14(21)22-15(3,4)5/h9,11H,6-8H2,1-5H3,(H,17,20). The lowest BCUT2D eigenvalue weighted by molar-refractivity contribution is 0.000457. The number of nitrogens with one attached hydrogen (secondary N) is 1. The van der Waals surface area contributed by atoms with E-state index in [2.05, 4.69) is 4.98 Å². The number of carbonyl (C=O) groups excluding carboxylic acids is 1. The molecule has 0 aliphatic carbocycles. The molecule has 1 aromatic rings. The Morgan fingerprint density at radius 3 is 2.55 bits per heavy atom. The average Bonchev–Trinajstić information content (AvgIpc) is 2.51. The Bertz CT molecular complexity index is 607. The van der Waals surface area contributed by atoms with Gasteiger partial charge in [0.15, 0.2) is 0 Å². The zero-order valence-electron chi connectivity index (χ0n) is 13.8. The van der Waals surface area contributed by atoms with E-state index in [1.54, 1.807) is 16.4 Å². The number of hydrogen-bond acceptors (Lipinski definition) is 3. The number of halogens is 1. The highest BCUT2D eigenvalue weighted by atomic mass is 19.1. The third kappa shape index (κ3) is 3.51. The third-order valence-corrected chi connectivity index (χ3v) is 3.64. The maximum absolute atomic E-state index is 13.1. The molecule has 1 aromatic heterocycles. The molecule has 0 aromatic carbocycles. The minimum Gasteiger partial charge on any atom is -0.444 e. The number of rotatable bonds is 3. The summed E-state index contributed by atoms with van der Waals surface area (Å²) in [7, 11) is 0. The van der Waals surface area contributed by atoms with E-state index in [4.69, 9.17) is 4.74 Å². The molecule has 1 unspecified atom stereocenters. The Kier molecular flexibility index (Phi) is 4.35. The largest absolute Gasteiger partial charge is 0.444 e. The van der Waals surface area contributed by atoms with Crippen LogP contribution in [0.1, 0.15) is 45.1 Å². The molecule has 0 radical (unpaired) electrons. The van der Waals surface area contributed by atoms with Crippen molar-refractivity contribution in [1.29, 1.82) is 0 Å². The molecule has 7 heteroatoms. The Morgan fingerprint density at radius 1 is 1.45 bits per heavy atom. The van der Waals surface area contributed by atoms with Gasteiger partial charge in [-0.25, -0.2) is 14.0 Å². The number of nitrogens with zero attached hydrogens (tertiary/aromatic N) is 2. The number of likely N-dealkylation sites (tertiary alicyclic amines) is 1. The Morgan fingerprint density at radius 2 is 2.05 bits per heavy atom. The Labute approximate surface area is 129 Å². The van der Waals surface area contributed by atoms with E-state index in [0.29, 0.717) is 18.8 Å². The van der Waals surface area contributed by atoms with Gasteiger partial charge in [-0.05, 0) is 34.6 Å². The van der Waals surface area contributed by atoms with Crippen LogP contribution in [0.25, 0.3) is 0 Å². The van der Waals surface area contributed by atoms with Gasteiger partial charge in [0.2, 0.25) is 0 Å². The second kappa shape index (κ2) is 5.78. The lowest BCUT2D eigenvalue weighted by atomic mass is 10.1. The lowest BCUT2D eigenvalue weighted by Crippen LogP contribution is -2.53. The van der Waals surface area contributed by atoms with Gasteiger partial charge in [0.25, 0.3) is 0 Å². The topological polar surface area (TPSA) is 67.3 Å². The minimum absolute atomic E-state index is 0.0834. The fourth-order valence-corrected chi connectivity index (χ4v) is 2.59. The van der Waals surface area contributed by atoms with Crippen LogP contribution in [-0.2, 0) is 11.2 Å². The van der Waals surface area contributed by atoms with Crippen molar-refractivity contribution in [2.45, 2.75) is 58.9 Å². The van der Waals surface area contributed by atoms with Crippen molar-refractivity contribution in [3.63, 3.8) is 0 Å². The Hall–Kier alpha value is -1.79. The first-order valence-corrected chi connectivity index (χ1v) is 7.50. The van der Waals surface area contributed by atoms with Crippen LogP contribution in [0.2, 0.25) is 0 Å². The van der Waals surface area contributed by atoms with Crippen molar-refractivity contribution < 1.29 is 13.9 Å². The van der Waals surface area contributed by atoms with Crippen LogP contribution in [0.3, 0.4) is 0 Å². The highest BCUT2D eigenvalue weighted by Crippen LogP contribution is 2.24. The fourth-order valence-electron chi connectivity index (χ4n) is 2.59. The zero-order valence-corrected chi connectivity index (χ0v) is 13.8. The van der Waals surface area contributed by atoms with E-state index in [0.717, 1.165) is 5.69 Å². The third-order valence-electron chi connectivity index (χ3n) is 3.64. The minimum atomic E-state index is -1.01. The summed E-state index contributed by atoms with van der Waals surface area (Å²) in [4.78, 5) is 28.2. The van der Waals surface area contributed by atoms with Crippen LogP contribution in [0.15, 0.2) is 4.79 Å². The summed E-state index contributed by atoms with van der Waals surface area (Å²) in [5, 5.41) is 0. The second-order valence-electron chi connectivity index (χ2n) is 6.89. The van der Waals surface area contributed by atoms with E-state index in [1.807, 2.05) is 20.8 Å². The second-order valence-corrected chi connectivity index (χ2v) is 6.89. The number of aromatic nitrogens is 2. The molecule has 22 heavy (non-hydrogen) atoms. The number of imidazole rings is 1. The summed E-state index contributed by atoms with van der Waals surface area (Å²) in [6, 6.07) is -0.0834. The molecule has 0 spiro atoms. The van der Waals surface area contributed by atoms with Crippen LogP contribution >= 0.6 is 0 Å². The normalized spacial score (nSPS) is 17.3. The number of H-pyrrole nitrogens is 1. The number of hydrogen-bond donors (Lipinski definition) is 1. The number of ether oxygens (including phenoxy) is 1. The summed E-state index contributed by atoms with van der Waals surface area (Å²) in [6.07, 6.45) is -1.19. The molecule has 1 atom stereocenters. The molecule has 1 saturated heterocycles. The first-order chi connectivity index (χ1) is 10.1. The van der Waals surface area contributed by atoms with Gasteiger partial charge in [0.1, 0.15) is 11.8 Å². The van der Waals surface area contributed by atoms with Crippen LogP contribution in [0, 0.1) is 6.92 Å². The van der Waals surface area contributed by atoms with E-state index < -0.39 is 11.8 Å². The molecule has 1 aliphatic heterocycles. The van der Waals surface area contributed by atoms with Crippen molar-refractivity contribution in [2.24, 2.45) is 0 Å². The molecule has 1 fully saturated rings. The van der Waals surface area contributed by atoms with E-state index in [-0.39, 0.29) is 24.2 Å². The van der Waals surface area contributed by atoms with E-state index >= 15 is 0 Å². The van der Waals surface area contributed by atoms with Crippen molar-refractivity contribution in [3.05, 3.63) is 21.9 Å². The van der Waals surface area contributed by atoms with Crippen molar-refractivity contribution in [1.82, 2.24) is 14.5 Å². The molecule has 0 bridgehead atoms. The van der Waals surface area contributed by atoms with Crippen molar-refractivity contribution in [2.75, 3.05) is 13.1 Å². The first kappa shape index (κ1) is 16.6. The fraction of sp³-hybridized carbons (Fsp3) is 0.733. The smallest absolute Gasteiger partial charge is 0.410 e. The maximum Gasteiger partial charge on any atom is 0.410 e. The molecular formula is C15H24FN3O3. The van der Waals surface area contributed by atoms with Crippen molar-refractivity contribution >= 4 is 6.09 Å². The number of carbonyl (C=O) groups is 1. The summed E-state index contributed by atoms with van der Waals surface area (Å²) in [6.45, 7) is 9.55. The summed E-state index contributed by atoms with van der Waals surface area (Å²) < 4.78 is 20.0. The number of alkyl halides is 1. The van der Waals surface area contributed by atoms with Gasteiger partial charge in [-0.2, -0.15) is 0 Å². The van der Waals surface area contributed by atoms with Crippen LogP contribution < -0.4 is 5.69 Å². The van der Waals surface area contributed by atoms with Gasteiger partial charge in [0, 0.05) is 30.9 Å². The summed E-state index contributed by atoms with van der Waals surface area (Å²) in [5.74, 6) is 0. The number of amides is 1. The highest BCUT2D eigenvalue weighted by Gasteiger charge is 2.36. The molecule has 1 aliphatic rings. The molecule has 2 rings (SSSR count). The molecular weight excluding hydrogens is 289 g/mol. The van der Waals surface area contributed by atoms with Crippen molar-refractivity contribution in [3.8, 4) is 0 Å². The lowest BCUT2D eigenvalue weighted by Gasteiger charge is -2.40. The van der Waals surface area contributed by atoms with Gasteiger partial charge < -0.3 is 14.6 Å². The molecule has 0 saturated carbocycles. The Balaban J connectivity index is 2.03. The van der Waals surface area contributed by atoms with Gasteiger partial charge in [-0.1, -0.05) is 0 Å². The molecule has 1 amide bonds. The maximum atomic E-state index is 13.1. The van der Waals surface area contributed by atoms with Crippen LogP contribution in [-0.4, -0.2) is 45.4 Å². The summed E-state index contributed by atoms with van der Waals surface area (Å²) >= 11 is 0. The van der Waals surface area contributed by atoms with Gasteiger partial charge in [-0.3, -0.25) is 4.57 Å². The van der Waals surface area contributed by atoms with Crippen LogP contribution in [0.4, 0.5) is 9.18 Å². The van der Waals surface area contributed by atoms with E-state index in [9.17, 15) is 14.0 Å². The van der Waals surface area contributed by atoms with Gasteiger partial charge in [0.05, 0.1) is 6.04 Å². The zero-order chi connectivity index (χ0) is 16.7. The SMILES string of the molecule is Cc1c(CC(C)F)[nH]c(=O)n1C1CN(C(=O)OC(C)(C)C)C1. The number of aromatic amines is 1. The molecule has 1 N–H and O–H groups in total. The van der Waals surface area contributed by atoms with Gasteiger partial charge >= 0.3 is 11.8 Å². The van der Waals surface area contributed by atoms with Gasteiger partial charge in [-0.15, -0.1) is 0 Å². The molecule has 124 valence electrons. The predicted octanol–water partition coefficient (Wildman–Crippen LogP) is 2.18. The molecule has 6 nitrogen and oxygen atoms in total. The first-order valence-electron chi connectivity index (χ1n) is 7.50. The predicted molar refractivity (Wildman–Crippen MR) is 80.9 cm³/mol. The van der Waals surface area contributed by atoms with E-state index in [1.165, 1.54) is 6.92 Å². The molecule has 2 heterocycles. The van der Waals surface area contributed by atoms with Crippen LogP contribution in [0.5, 0.6) is 0 Å². The summed E-state index contributed by atoms with van der Waals surface area (Å²) in [5.41, 5.74) is 0.578. The quantitative estimate of drug-likeness (QED) is 0.930.